The number of nitrogens with one attached hydrogen (secondary N) is 1. The number of hydrogen-bond donors (Lipinski definition) is 1. The Bertz CT molecular complexity index is 701. The molecule has 5 nitrogen and oxygen atoms in total. The minimum atomic E-state index is -0.261. The summed E-state index contributed by atoms with van der Waals surface area (Å²) < 4.78 is 17.0. The Hall–Kier alpha value is -2.21. The number of ether oxygens (including phenoxy) is 3. The lowest BCUT2D eigenvalue weighted by atomic mass is 10.1. The predicted octanol–water partition coefficient (Wildman–Crippen LogP) is 4.10. The molecule has 2 rings (SSSR count). The molecule has 2 aromatic rings. The molecule has 0 aromatic heterocycles. The normalized spacial score (nSPS) is 10.2. The third-order valence-corrected chi connectivity index (χ3v) is 4.67. The van der Waals surface area contributed by atoms with Gasteiger partial charge in [-0.05, 0) is 37.1 Å². The van der Waals surface area contributed by atoms with Crippen LogP contribution in [0.1, 0.15) is 11.1 Å². The molecule has 0 radical (unpaired) electrons. The lowest BCUT2D eigenvalue weighted by Crippen LogP contribution is -2.20. The van der Waals surface area contributed by atoms with Crippen LogP contribution in [0, 0.1) is 13.8 Å². The van der Waals surface area contributed by atoms with Gasteiger partial charge in [0.25, 0.3) is 5.91 Å². The molecule has 0 heterocycles. The molecule has 0 unspecified atom stereocenters. The van der Waals surface area contributed by atoms with Gasteiger partial charge in [0.1, 0.15) is 17.2 Å². The molecular formula is C18H20BrNO4. The molecule has 0 saturated carbocycles. The van der Waals surface area contributed by atoms with E-state index in [1.54, 1.807) is 32.4 Å². The number of halogens is 1. The van der Waals surface area contributed by atoms with E-state index in [1.165, 1.54) is 0 Å². The van der Waals surface area contributed by atoms with Crippen molar-refractivity contribution in [3.8, 4) is 17.2 Å². The van der Waals surface area contributed by atoms with Crippen LogP contribution >= 0.6 is 15.9 Å². The van der Waals surface area contributed by atoms with E-state index >= 15 is 0 Å². The van der Waals surface area contributed by atoms with E-state index in [1.807, 2.05) is 26.0 Å². The Balaban J connectivity index is 2.01. The summed E-state index contributed by atoms with van der Waals surface area (Å²) in [7, 11) is 3.11. The summed E-state index contributed by atoms with van der Waals surface area (Å²) in [5.74, 6) is 1.60. The van der Waals surface area contributed by atoms with Gasteiger partial charge in [-0.25, -0.2) is 0 Å². The number of carbonyl (C=O) groups excluding carboxylic acids is 1. The second kappa shape index (κ2) is 8.06. The van der Waals surface area contributed by atoms with Crippen LogP contribution in [0.25, 0.3) is 0 Å². The third kappa shape index (κ3) is 4.64. The smallest absolute Gasteiger partial charge is 0.262 e. The van der Waals surface area contributed by atoms with Crippen molar-refractivity contribution in [2.24, 2.45) is 0 Å². The Morgan fingerprint density at radius 2 is 1.50 bits per heavy atom. The van der Waals surface area contributed by atoms with Gasteiger partial charge >= 0.3 is 0 Å². The molecule has 128 valence electrons. The summed E-state index contributed by atoms with van der Waals surface area (Å²) in [5.41, 5.74) is 2.70. The lowest BCUT2D eigenvalue weighted by molar-refractivity contribution is -0.118. The topological polar surface area (TPSA) is 56.8 Å². The van der Waals surface area contributed by atoms with Crippen LogP contribution in [0.2, 0.25) is 0 Å². The van der Waals surface area contributed by atoms with Gasteiger partial charge < -0.3 is 19.5 Å². The molecule has 1 N–H and O–H groups in total. The maximum Gasteiger partial charge on any atom is 0.262 e. The monoisotopic (exact) mass is 393 g/mol. The number of aryl methyl sites for hydroxylation is 2. The van der Waals surface area contributed by atoms with Crippen molar-refractivity contribution in [3.63, 3.8) is 0 Å². The molecule has 1 amide bonds. The maximum atomic E-state index is 12.1. The Labute approximate surface area is 150 Å². The average Bonchev–Trinajstić information content (AvgIpc) is 2.57. The van der Waals surface area contributed by atoms with E-state index in [4.69, 9.17) is 14.2 Å². The summed E-state index contributed by atoms with van der Waals surface area (Å²) in [4.78, 5) is 12.1. The molecule has 0 aliphatic carbocycles. The van der Waals surface area contributed by atoms with Crippen molar-refractivity contribution in [1.29, 1.82) is 0 Å². The van der Waals surface area contributed by atoms with Gasteiger partial charge in [0.2, 0.25) is 0 Å². The van der Waals surface area contributed by atoms with Crippen LogP contribution in [0.5, 0.6) is 17.2 Å². The molecule has 0 atom stereocenters. The van der Waals surface area contributed by atoms with Crippen LogP contribution in [0.3, 0.4) is 0 Å². The predicted molar refractivity (Wildman–Crippen MR) is 97.3 cm³/mol. The van der Waals surface area contributed by atoms with E-state index < -0.39 is 0 Å². The largest absolute Gasteiger partial charge is 0.497 e. The van der Waals surface area contributed by atoms with Crippen molar-refractivity contribution in [3.05, 3.63) is 45.9 Å². The van der Waals surface area contributed by atoms with Crippen LogP contribution < -0.4 is 19.5 Å². The number of methoxy groups -OCH3 is 2. The van der Waals surface area contributed by atoms with Gasteiger partial charge in [0, 0.05) is 28.4 Å². The highest BCUT2D eigenvalue weighted by Gasteiger charge is 2.09. The third-order valence-electron chi connectivity index (χ3n) is 3.42. The summed E-state index contributed by atoms with van der Waals surface area (Å²) in [6, 6.07) is 8.94. The highest BCUT2D eigenvalue weighted by molar-refractivity contribution is 9.10. The van der Waals surface area contributed by atoms with Crippen molar-refractivity contribution in [1.82, 2.24) is 0 Å². The second-order valence-corrected chi connectivity index (χ2v) is 6.10. The molecule has 2 aromatic carbocycles. The van der Waals surface area contributed by atoms with Gasteiger partial charge in [0.05, 0.1) is 14.2 Å². The van der Waals surface area contributed by atoms with Gasteiger partial charge in [-0.2, -0.15) is 0 Å². The fourth-order valence-electron chi connectivity index (χ4n) is 2.22. The molecule has 0 spiro atoms. The standard InChI is InChI=1S/C18H20BrNO4/c1-11-5-16(6-12(2)18(11)19)24-10-17(21)20-13-7-14(22-3)9-15(8-13)23-4/h5-9H,10H2,1-4H3,(H,20,21). The van der Waals surface area contributed by atoms with E-state index in [9.17, 15) is 4.79 Å². The Kier molecular flexibility index (Phi) is 6.09. The Morgan fingerprint density at radius 3 is 2.00 bits per heavy atom. The second-order valence-electron chi connectivity index (χ2n) is 5.31. The van der Waals surface area contributed by atoms with E-state index in [0.29, 0.717) is 22.9 Å². The zero-order valence-corrected chi connectivity index (χ0v) is 15.7. The number of rotatable bonds is 6. The summed E-state index contributed by atoms with van der Waals surface area (Å²) in [6.07, 6.45) is 0. The first-order valence-corrected chi connectivity index (χ1v) is 8.14. The number of amides is 1. The summed E-state index contributed by atoms with van der Waals surface area (Å²) in [5, 5.41) is 2.77. The van der Waals surface area contributed by atoms with Crippen LogP contribution in [-0.2, 0) is 4.79 Å². The van der Waals surface area contributed by atoms with Crippen molar-refractivity contribution < 1.29 is 19.0 Å². The zero-order valence-electron chi connectivity index (χ0n) is 14.1. The highest BCUT2D eigenvalue weighted by atomic mass is 79.9. The van der Waals surface area contributed by atoms with E-state index in [0.717, 1.165) is 15.6 Å². The first-order valence-electron chi connectivity index (χ1n) is 7.35. The quantitative estimate of drug-likeness (QED) is 0.802. The van der Waals surface area contributed by atoms with Crippen LogP contribution in [0.4, 0.5) is 5.69 Å². The number of anilines is 1. The van der Waals surface area contributed by atoms with Crippen LogP contribution in [-0.4, -0.2) is 26.7 Å². The van der Waals surface area contributed by atoms with Gasteiger partial charge in [-0.15, -0.1) is 0 Å². The lowest BCUT2D eigenvalue weighted by Gasteiger charge is -2.12. The van der Waals surface area contributed by atoms with Crippen molar-refractivity contribution in [2.45, 2.75) is 13.8 Å². The number of hydrogen-bond acceptors (Lipinski definition) is 4. The minimum Gasteiger partial charge on any atom is -0.497 e. The first-order chi connectivity index (χ1) is 11.4. The van der Waals surface area contributed by atoms with Gasteiger partial charge in [-0.1, -0.05) is 15.9 Å². The molecule has 0 saturated heterocycles. The SMILES string of the molecule is COc1cc(NC(=O)COc2cc(C)c(Br)c(C)c2)cc(OC)c1. The molecular weight excluding hydrogens is 374 g/mol. The number of benzene rings is 2. The summed E-state index contributed by atoms with van der Waals surface area (Å²) in [6.45, 7) is 3.87. The Morgan fingerprint density at radius 1 is 0.958 bits per heavy atom. The number of carbonyl (C=O) groups is 1. The fourth-order valence-corrected chi connectivity index (χ4v) is 2.44. The van der Waals surface area contributed by atoms with Gasteiger partial charge in [0.15, 0.2) is 6.61 Å². The fraction of sp³-hybridized carbons (Fsp3) is 0.278. The maximum absolute atomic E-state index is 12.1. The minimum absolute atomic E-state index is 0.0833. The van der Waals surface area contributed by atoms with Crippen molar-refractivity contribution >= 4 is 27.5 Å². The van der Waals surface area contributed by atoms with E-state index in [-0.39, 0.29) is 12.5 Å². The first kappa shape index (κ1) is 18.1. The summed E-state index contributed by atoms with van der Waals surface area (Å²) >= 11 is 3.51. The average molecular weight is 394 g/mol. The highest BCUT2D eigenvalue weighted by Crippen LogP contribution is 2.27. The molecule has 0 bridgehead atoms. The molecule has 0 aliphatic heterocycles. The van der Waals surface area contributed by atoms with E-state index in [2.05, 4.69) is 21.2 Å². The molecule has 24 heavy (non-hydrogen) atoms. The molecule has 6 heteroatoms. The molecule has 0 fully saturated rings. The zero-order chi connectivity index (χ0) is 17.7. The van der Waals surface area contributed by atoms with Crippen LogP contribution in [0.15, 0.2) is 34.8 Å². The van der Waals surface area contributed by atoms with Gasteiger partial charge in [-0.3, -0.25) is 4.79 Å². The molecule has 0 aliphatic rings. The van der Waals surface area contributed by atoms with Crippen molar-refractivity contribution in [2.75, 3.05) is 26.1 Å².